The summed E-state index contributed by atoms with van der Waals surface area (Å²) in [7, 11) is 0. The summed E-state index contributed by atoms with van der Waals surface area (Å²) in [5.74, 6) is -1.84. The van der Waals surface area contributed by atoms with E-state index in [1.165, 1.54) is 0 Å². The molecule has 1 aromatic rings. The van der Waals surface area contributed by atoms with Crippen LogP contribution in [0.15, 0.2) is 18.2 Å². The van der Waals surface area contributed by atoms with Gasteiger partial charge in [-0.05, 0) is 37.5 Å². The van der Waals surface area contributed by atoms with Crippen LogP contribution in [0, 0.1) is 5.82 Å². The lowest BCUT2D eigenvalue weighted by Gasteiger charge is -2.37. The molecule has 0 saturated heterocycles. The van der Waals surface area contributed by atoms with Gasteiger partial charge < -0.3 is 11.1 Å². The van der Waals surface area contributed by atoms with Gasteiger partial charge in [-0.15, -0.1) is 0 Å². The molecule has 1 amide bonds. The zero-order valence-electron chi connectivity index (χ0n) is 10.6. The normalized spacial score (nSPS) is 17.4. The summed E-state index contributed by atoms with van der Waals surface area (Å²) in [6.45, 7) is 0. The molecule has 0 radical (unpaired) electrons. The Balaban J connectivity index is 2.08. The monoisotopic (exact) mass is 290 g/mol. The quantitative estimate of drug-likeness (QED) is 0.841. The number of carbonyl (C=O) groups is 1. The summed E-state index contributed by atoms with van der Waals surface area (Å²) in [4.78, 5) is 11.7. The third-order valence-electron chi connectivity index (χ3n) is 3.42. The Kier molecular flexibility index (Phi) is 3.73. The molecule has 3 nitrogen and oxygen atoms in total. The van der Waals surface area contributed by atoms with E-state index in [0.717, 1.165) is 25.3 Å². The smallest absolute Gasteiger partial charge is 0.326 e. The largest absolute Gasteiger partial charge is 0.419 e. The van der Waals surface area contributed by atoms with E-state index in [2.05, 4.69) is 5.32 Å². The van der Waals surface area contributed by atoms with Crippen molar-refractivity contribution in [2.75, 3.05) is 5.32 Å². The van der Waals surface area contributed by atoms with Crippen molar-refractivity contribution < 1.29 is 22.4 Å². The van der Waals surface area contributed by atoms with Gasteiger partial charge in [0.25, 0.3) is 0 Å². The van der Waals surface area contributed by atoms with Crippen LogP contribution >= 0.6 is 0 Å². The van der Waals surface area contributed by atoms with E-state index in [0.29, 0.717) is 12.1 Å². The predicted molar refractivity (Wildman–Crippen MR) is 65.4 cm³/mol. The summed E-state index contributed by atoms with van der Waals surface area (Å²) in [5.41, 5.74) is 3.83. The second kappa shape index (κ2) is 5.05. The number of anilines is 1. The highest BCUT2D eigenvalue weighted by Crippen LogP contribution is 2.34. The van der Waals surface area contributed by atoms with Crippen LogP contribution in [-0.4, -0.2) is 11.4 Å². The van der Waals surface area contributed by atoms with Crippen molar-refractivity contribution in [3.63, 3.8) is 0 Å². The van der Waals surface area contributed by atoms with Crippen molar-refractivity contribution >= 4 is 11.6 Å². The van der Waals surface area contributed by atoms with Crippen LogP contribution in [0.5, 0.6) is 0 Å². The minimum atomic E-state index is -4.80. The van der Waals surface area contributed by atoms with E-state index in [9.17, 15) is 22.4 Å². The van der Waals surface area contributed by atoms with Gasteiger partial charge in [-0.3, -0.25) is 4.79 Å². The van der Waals surface area contributed by atoms with E-state index in [1.54, 1.807) is 0 Å². The van der Waals surface area contributed by atoms with Crippen LogP contribution in [0.3, 0.4) is 0 Å². The van der Waals surface area contributed by atoms with E-state index in [1.807, 2.05) is 0 Å². The van der Waals surface area contributed by atoms with Gasteiger partial charge >= 0.3 is 6.18 Å². The van der Waals surface area contributed by atoms with Crippen LogP contribution in [0.2, 0.25) is 0 Å². The van der Waals surface area contributed by atoms with Crippen molar-refractivity contribution in [1.82, 2.24) is 0 Å². The Hall–Kier alpha value is -1.63. The van der Waals surface area contributed by atoms with E-state index >= 15 is 0 Å². The Morgan fingerprint density at radius 2 is 2.00 bits per heavy atom. The lowest BCUT2D eigenvalue weighted by molar-refractivity contribution is -0.140. The molecule has 110 valence electrons. The van der Waals surface area contributed by atoms with Gasteiger partial charge in [0.2, 0.25) is 5.91 Å². The summed E-state index contributed by atoms with van der Waals surface area (Å²) in [5, 5.41) is 2.32. The number of alkyl halides is 3. The van der Waals surface area contributed by atoms with Gasteiger partial charge in [0.1, 0.15) is 5.82 Å². The molecule has 0 bridgehead atoms. The maximum absolute atomic E-state index is 13.1. The molecule has 3 N–H and O–H groups in total. The van der Waals surface area contributed by atoms with Crippen molar-refractivity contribution in [1.29, 1.82) is 0 Å². The first kappa shape index (κ1) is 14.8. The van der Waals surface area contributed by atoms with Crippen LogP contribution < -0.4 is 11.1 Å². The van der Waals surface area contributed by atoms with Crippen molar-refractivity contribution in [2.24, 2.45) is 5.73 Å². The van der Waals surface area contributed by atoms with E-state index in [4.69, 9.17) is 5.73 Å². The highest BCUT2D eigenvalue weighted by Gasteiger charge is 2.36. The van der Waals surface area contributed by atoms with Crippen LogP contribution in [-0.2, 0) is 11.0 Å². The van der Waals surface area contributed by atoms with Crippen molar-refractivity contribution in [3.8, 4) is 0 Å². The summed E-state index contributed by atoms with van der Waals surface area (Å²) >= 11 is 0. The Morgan fingerprint density at radius 1 is 1.35 bits per heavy atom. The summed E-state index contributed by atoms with van der Waals surface area (Å²) in [6, 6.07) is 2.35. The number of carbonyl (C=O) groups excluding carboxylic acids is 1. The lowest BCUT2D eigenvalue weighted by Crippen LogP contribution is -2.48. The fourth-order valence-corrected chi connectivity index (χ4v) is 2.15. The first-order valence-electron chi connectivity index (χ1n) is 6.15. The van der Waals surface area contributed by atoms with Crippen LogP contribution in [0.25, 0.3) is 0 Å². The molecule has 1 aliphatic carbocycles. The van der Waals surface area contributed by atoms with E-state index < -0.39 is 29.0 Å². The molecule has 20 heavy (non-hydrogen) atoms. The maximum Gasteiger partial charge on any atom is 0.419 e. The zero-order chi connectivity index (χ0) is 15.0. The molecule has 1 fully saturated rings. The molecule has 0 spiro atoms. The molecule has 0 aromatic heterocycles. The summed E-state index contributed by atoms with van der Waals surface area (Å²) in [6.07, 6.45) is -2.37. The zero-order valence-corrected chi connectivity index (χ0v) is 10.6. The standard InChI is InChI=1S/C13H14F4N2O/c14-10-3-2-8(6-9(10)13(15,16)17)19-11(20)7-12(18)4-1-5-12/h2-3,6H,1,4-5,7,18H2,(H,19,20). The number of hydrogen-bond acceptors (Lipinski definition) is 2. The first-order chi connectivity index (χ1) is 9.20. The van der Waals surface area contributed by atoms with Crippen LogP contribution in [0.1, 0.15) is 31.2 Å². The minimum Gasteiger partial charge on any atom is -0.326 e. The Bertz CT molecular complexity index is 524. The number of nitrogens with one attached hydrogen (secondary N) is 1. The lowest BCUT2D eigenvalue weighted by atomic mass is 9.75. The summed E-state index contributed by atoms with van der Waals surface area (Å²) < 4.78 is 50.7. The van der Waals surface area contributed by atoms with Crippen molar-refractivity contribution in [3.05, 3.63) is 29.6 Å². The van der Waals surface area contributed by atoms with Gasteiger partial charge in [-0.2, -0.15) is 13.2 Å². The molecule has 7 heteroatoms. The Morgan fingerprint density at radius 3 is 2.50 bits per heavy atom. The third kappa shape index (κ3) is 3.27. The highest BCUT2D eigenvalue weighted by atomic mass is 19.4. The van der Waals surface area contributed by atoms with Crippen molar-refractivity contribution in [2.45, 2.75) is 37.4 Å². The van der Waals surface area contributed by atoms with Gasteiger partial charge in [-0.1, -0.05) is 0 Å². The molecule has 0 aliphatic heterocycles. The fraction of sp³-hybridized carbons (Fsp3) is 0.462. The molecule has 1 saturated carbocycles. The maximum atomic E-state index is 13.1. The fourth-order valence-electron chi connectivity index (χ4n) is 2.15. The number of nitrogens with two attached hydrogens (primary N) is 1. The Labute approximate surface area is 113 Å². The molecule has 1 aromatic carbocycles. The third-order valence-corrected chi connectivity index (χ3v) is 3.42. The molecule has 0 atom stereocenters. The predicted octanol–water partition coefficient (Wildman–Crippen LogP) is 3.05. The second-order valence-electron chi connectivity index (χ2n) is 5.13. The number of rotatable bonds is 3. The average Bonchev–Trinajstić information content (AvgIpc) is 2.28. The number of benzene rings is 1. The number of amides is 1. The van der Waals surface area contributed by atoms with Gasteiger partial charge in [-0.25, -0.2) is 4.39 Å². The van der Waals surface area contributed by atoms with Crippen LogP contribution in [0.4, 0.5) is 23.2 Å². The molecule has 2 rings (SSSR count). The average molecular weight is 290 g/mol. The molecule has 0 heterocycles. The molecular weight excluding hydrogens is 276 g/mol. The molecule has 0 unspecified atom stereocenters. The number of hydrogen-bond donors (Lipinski definition) is 2. The first-order valence-corrected chi connectivity index (χ1v) is 6.15. The minimum absolute atomic E-state index is 0.0473. The SMILES string of the molecule is NC1(CC(=O)Nc2ccc(F)c(C(F)(F)F)c2)CCC1. The molecular formula is C13H14F4N2O. The molecule has 1 aliphatic rings. The topological polar surface area (TPSA) is 55.1 Å². The van der Waals surface area contributed by atoms with Gasteiger partial charge in [0, 0.05) is 17.6 Å². The van der Waals surface area contributed by atoms with E-state index in [-0.39, 0.29) is 12.1 Å². The highest BCUT2D eigenvalue weighted by molar-refractivity contribution is 5.91. The number of halogens is 4. The second-order valence-corrected chi connectivity index (χ2v) is 5.13. The van der Waals surface area contributed by atoms with Gasteiger partial charge in [0.15, 0.2) is 0 Å². The van der Waals surface area contributed by atoms with Gasteiger partial charge in [0.05, 0.1) is 5.56 Å².